The molecule has 0 bridgehead atoms. The van der Waals surface area contributed by atoms with Gasteiger partial charge >= 0.3 is 21.1 Å². The van der Waals surface area contributed by atoms with E-state index in [-0.39, 0.29) is 31.9 Å². The Labute approximate surface area is 330 Å². The van der Waals surface area contributed by atoms with Gasteiger partial charge in [0.25, 0.3) is 0 Å². The van der Waals surface area contributed by atoms with Gasteiger partial charge in [0.05, 0.1) is 11.3 Å². The van der Waals surface area contributed by atoms with Crippen molar-refractivity contribution in [1.29, 1.82) is 0 Å². The Balaban J connectivity index is 0.00000413. The van der Waals surface area contributed by atoms with E-state index >= 15 is 0 Å². The second-order valence-electron chi connectivity index (χ2n) is 16.3. The Morgan fingerprint density at radius 3 is 2.00 bits per heavy atom. The van der Waals surface area contributed by atoms with E-state index in [4.69, 9.17) is 9.72 Å². The van der Waals surface area contributed by atoms with Gasteiger partial charge in [-0.1, -0.05) is 118 Å². The van der Waals surface area contributed by atoms with E-state index in [2.05, 4.69) is 148 Å². The van der Waals surface area contributed by atoms with Gasteiger partial charge in [0.15, 0.2) is 0 Å². The molecule has 0 aliphatic heterocycles. The first-order chi connectivity index (χ1) is 25.4. The first-order valence-corrected chi connectivity index (χ1v) is 18.3. The molecule has 0 amide bonds. The number of hydrogen-bond acceptors (Lipinski definition) is 3. The predicted molar refractivity (Wildman–Crippen MR) is 219 cm³/mol. The van der Waals surface area contributed by atoms with Crippen molar-refractivity contribution >= 4 is 49.1 Å². The Morgan fingerprint density at radius 2 is 1.30 bits per heavy atom. The molecule has 0 aliphatic rings. The zero-order chi connectivity index (χ0) is 36.8. The summed E-state index contributed by atoms with van der Waals surface area (Å²) in [4.78, 5) is 9.88. The summed E-state index contributed by atoms with van der Waals surface area (Å²) in [5.41, 5.74) is 11.1. The average molecular weight is 886 g/mol. The normalized spacial score (nSPS) is 12.3. The smallest absolute Gasteiger partial charge is 0.503 e. The third-order valence-electron chi connectivity index (χ3n) is 10.6. The summed E-state index contributed by atoms with van der Waals surface area (Å²) in [6, 6.07) is 41.2. The molecule has 0 atom stereocenters. The van der Waals surface area contributed by atoms with Crippen molar-refractivity contribution < 1.29 is 25.8 Å². The van der Waals surface area contributed by atoms with E-state index in [0.717, 1.165) is 49.7 Å². The maximum atomic E-state index is 6.67. The third kappa shape index (κ3) is 5.64. The SMILES string of the molecule is Cc1cccc(C)c1-c1cnc2c3[c-]c(Oc4[c-]c5c(cc4)c4ccccc4n5-c4ccccn4)ccc3c3c(C(C)(C)C)ccc(C(C)(C)C)c3n12.[Pt+2]. The molecule has 5 nitrogen and oxygen atoms in total. The van der Waals surface area contributed by atoms with Gasteiger partial charge in [0, 0.05) is 40.5 Å². The molecule has 9 aromatic rings. The van der Waals surface area contributed by atoms with Crippen molar-refractivity contribution in [3.05, 3.63) is 144 Å². The molecule has 4 aromatic heterocycles. The molecule has 6 heteroatoms. The number of aryl methyl sites for hydroxylation is 2. The van der Waals surface area contributed by atoms with Crippen LogP contribution in [0.25, 0.3) is 66.2 Å². The Bertz CT molecular complexity index is 2890. The van der Waals surface area contributed by atoms with Crippen molar-refractivity contribution in [2.24, 2.45) is 0 Å². The fourth-order valence-electron chi connectivity index (χ4n) is 8.17. The van der Waals surface area contributed by atoms with Crippen LogP contribution in [0.5, 0.6) is 11.5 Å². The summed E-state index contributed by atoms with van der Waals surface area (Å²) in [5.74, 6) is 2.05. The fraction of sp³-hybridized carbons (Fsp3) is 0.208. The number of rotatable bonds is 4. The molecule has 54 heavy (non-hydrogen) atoms. The number of pyridine rings is 2. The number of fused-ring (bicyclic) bond motifs is 9. The minimum absolute atomic E-state index is 0. The van der Waals surface area contributed by atoms with Gasteiger partial charge in [-0.25, -0.2) is 4.98 Å². The molecule has 0 saturated heterocycles. The summed E-state index contributed by atoms with van der Waals surface area (Å²) in [5, 5.41) is 5.51. The maximum Gasteiger partial charge on any atom is 2.00 e. The zero-order valence-corrected chi connectivity index (χ0v) is 34.2. The first-order valence-electron chi connectivity index (χ1n) is 18.3. The molecule has 0 radical (unpaired) electrons. The summed E-state index contributed by atoms with van der Waals surface area (Å²) in [6.45, 7) is 18.2. The molecule has 4 heterocycles. The van der Waals surface area contributed by atoms with Crippen molar-refractivity contribution in [3.8, 4) is 28.6 Å². The van der Waals surface area contributed by atoms with E-state index in [1.165, 1.54) is 38.7 Å². The van der Waals surface area contributed by atoms with Crippen molar-refractivity contribution in [1.82, 2.24) is 18.9 Å². The molecule has 0 aliphatic carbocycles. The maximum absolute atomic E-state index is 6.67. The van der Waals surface area contributed by atoms with Gasteiger partial charge in [-0.3, -0.25) is 4.98 Å². The molecule has 0 unspecified atom stereocenters. The largest absolute Gasteiger partial charge is 2.00 e. The Kier molecular flexibility index (Phi) is 8.58. The van der Waals surface area contributed by atoms with Gasteiger partial charge in [0.1, 0.15) is 5.82 Å². The molecule has 0 N–H and O–H groups in total. The second-order valence-corrected chi connectivity index (χ2v) is 16.3. The molecular formula is C48H42N4OPt. The van der Waals surface area contributed by atoms with Gasteiger partial charge in [-0.05, 0) is 75.9 Å². The van der Waals surface area contributed by atoms with Crippen LogP contribution in [0.1, 0.15) is 63.8 Å². The molecule has 5 aromatic carbocycles. The van der Waals surface area contributed by atoms with Crippen molar-refractivity contribution in [3.63, 3.8) is 0 Å². The summed E-state index contributed by atoms with van der Waals surface area (Å²) in [6.07, 6.45) is 3.86. The van der Waals surface area contributed by atoms with Crippen LogP contribution in [0.15, 0.2) is 109 Å². The van der Waals surface area contributed by atoms with Crippen LogP contribution < -0.4 is 4.74 Å². The van der Waals surface area contributed by atoms with Gasteiger partial charge in [-0.15, -0.1) is 29.7 Å². The number of benzene rings is 5. The molecule has 0 fully saturated rings. The summed E-state index contributed by atoms with van der Waals surface area (Å²) in [7, 11) is 0. The monoisotopic (exact) mass is 885 g/mol. The van der Waals surface area contributed by atoms with Crippen LogP contribution in [0.2, 0.25) is 0 Å². The van der Waals surface area contributed by atoms with Gasteiger partial charge < -0.3 is 13.7 Å². The number of imidazole rings is 1. The fourth-order valence-corrected chi connectivity index (χ4v) is 8.17. The van der Waals surface area contributed by atoms with E-state index in [1.807, 2.05) is 42.7 Å². The Hall–Kier alpha value is -5.25. The van der Waals surface area contributed by atoms with Crippen LogP contribution in [0.4, 0.5) is 0 Å². The van der Waals surface area contributed by atoms with Crippen molar-refractivity contribution in [2.75, 3.05) is 0 Å². The molecule has 270 valence electrons. The van der Waals surface area contributed by atoms with Crippen LogP contribution in [-0.2, 0) is 31.9 Å². The molecule has 0 spiro atoms. The number of nitrogens with zero attached hydrogens (tertiary/aromatic N) is 4. The number of ether oxygens (including phenoxy) is 1. The van der Waals surface area contributed by atoms with Crippen molar-refractivity contribution in [2.45, 2.75) is 66.2 Å². The average Bonchev–Trinajstić information content (AvgIpc) is 3.70. The van der Waals surface area contributed by atoms with Gasteiger partial charge in [-0.2, -0.15) is 6.07 Å². The molecular weight excluding hydrogens is 844 g/mol. The standard InChI is InChI=1S/C48H42N4O.Pt/c1-29-14-13-15-30(2)43(29)41-28-50-46-36-26-31(20-22-35(36)44-37(47(3,4)5)23-24-38(48(6,7)8)45(44)52(41)46)53-32-19-21-34-33-16-9-10-17-39(33)51(40(34)27-32)42-18-11-12-25-49-42;/h9-25,28H,1-8H3;/q-2;+2. The first kappa shape index (κ1) is 35.8. The minimum atomic E-state index is -0.115. The van der Waals surface area contributed by atoms with Crippen LogP contribution >= 0.6 is 0 Å². The van der Waals surface area contributed by atoms with Crippen LogP contribution in [0.3, 0.4) is 0 Å². The van der Waals surface area contributed by atoms with E-state index < -0.39 is 0 Å². The quantitative estimate of drug-likeness (QED) is 0.131. The summed E-state index contributed by atoms with van der Waals surface area (Å²) >= 11 is 0. The number of hydrogen-bond donors (Lipinski definition) is 0. The predicted octanol–water partition coefficient (Wildman–Crippen LogP) is 12.4. The van der Waals surface area contributed by atoms with E-state index in [1.54, 1.807) is 0 Å². The van der Waals surface area contributed by atoms with Crippen LogP contribution in [-0.4, -0.2) is 18.9 Å². The zero-order valence-electron chi connectivity index (χ0n) is 31.9. The van der Waals surface area contributed by atoms with E-state index in [0.29, 0.717) is 11.5 Å². The third-order valence-corrected chi connectivity index (χ3v) is 10.6. The number of aromatic nitrogens is 4. The minimum Gasteiger partial charge on any atom is -0.503 e. The van der Waals surface area contributed by atoms with Crippen LogP contribution in [0, 0.1) is 26.0 Å². The topological polar surface area (TPSA) is 44.3 Å². The summed E-state index contributed by atoms with van der Waals surface area (Å²) < 4.78 is 11.2. The molecule has 0 saturated carbocycles. The van der Waals surface area contributed by atoms with E-state index in [9.17, 15) is 0 Å². The Morgan fingerprint density at radius 1 is 0.630 bits per heavy atom. The molecule has 9 rings (SSSR count). The number of para-hydroxylation sites is 1. The second kappa shape index (κ2) is 13.0. The van der Waals surface area contributed by atoms with Gasteiger partial charge in [0.2, 0.25) is 0 Å².